The third-order valence-corrected chi connectivity index (χ3v) is 4.19. The lowest BCUT2D eigenvalue weighted by atomic mass is 10.2. The smallest absolute Gasteiger partial charge is 0.321 e. The van der Waals surface area contributed by atoms with Gasteiger partial charge in [0.15, 0.2) is 6.61 Å². The highest BCUT2D eigenvalue weighted by molar-refractivity contribution is 7.99. The van der Waals surface area contributed by atoms with E-state index in [0.717, 1.165) is 12.0 Å². The van der Waals surface area contributed by atoms with Crippen LogP contribution in [0.3, 0.4) is 0 Å². The molecule has 0 spiro atoms. The highest BCUT2D eigenvalue weighted by Gasteiger charge is 2.12. The normalized spacial score (nSPS) is 11.5. The fourth-order valence-electron chi connectivity index (χ4n) is 1.65. The van der Waals surface area contributed by atoms with Crippen LogP contribution < -0.4 is 10.6 Å². The first-order valence-electron chi connectivity index (χ1n) is 7.80. The quantitative estimate of drug-likeness (QED) is 0.702. The van der Waals surface area contributed by atoms with E-state index in [1.54, 1.807) is 0 Å². The highest BCUT2D eigenvalue weighted by atomic mass is 32.2. The molecule has 24 heavy (non-hydrogen) atoms. The van der Waals surface area contributed by atoms with Crippen molar-refractivity contribution in [2.24, 2.45) is 0 Å². The second kappa shape index (κ2) is 10.7. The maximum absolute atomic E-state index is 11.6. The van der Waals surface area contributed by atoms with Crippen LogP contribution in [0, 0.1) is 6.92 Å². The average molecular weight is 352 g/mol. The third kappa shape index (κ3) is 8.57. The van der Waals surface area contributed by atoms with Gasteiger partial charge in [-0.1, -0.05) is 36.8 Å². The number of hydrogen-bond donors (Lipinski definition) is 2. The number of aryl methyl sites for hydroxylation is 1. The van der Waals surface area contributed by atoms with E-state index in [1.165, 1.54) is 17.3 Å². The molecule has 0 radical (unpaired) electrons. The van der Waals surface area contributed by atoms with E-state index < -0.39 is 24.5 Å². The fourth-order valence-corrected chi connectivity index (χ4v) is 2.43. The van der Waals surface area contributed by atoms with Gasteiger partial charge in [0, 0.05) is 11.8 Å². The number of nitrogens with one attached hydrogen (secondary N) is 2. The van der Waals surface area contributed by atoms with Crippen molar-refractivity contribution in [1.82, 2.24) is 10.6 Å². The summed E-state index contributed by atoms with van der Waals surface area (Å²) < 4.78 is 4.84. The topological polar surface area (TPSA) is 84.5 Å². The molecule has 1 aromatic rings. The van der Waals surface area contributed by atoms with Crippen LogP contribution in [0.4, 0.5) is 4.79 Å². The molecular formula is C17H24N2O4S. The van der Waals surface area contributed by atoms with Gasteiger partial charge >= 0.3 is 12.0 Å². The van der Waals surface area contributed by atoms with Gasteiger partial charge in [0.05, 0.1) is 5.75 Å². The molecule has 0 aliphatic carbocycles. The van der Waals surface area contributed by atoms with Gasteiger partial charge in [-0.3, -0.25) is 14.9 Å². The molecule has 0 heterocycles. The van der Waals surface area contributed by atoms with Crippen molar-refractivity contribution in [2.45, 2.75) is 39.0 Å². The van der Waals surface area contributed by atoms with Crippen LogP contribution in [-0.4, -0.2) is 36.3 Å². The predicted molar refractivity (Wildman–Crippen MR) is 94.7 cm³/mol. The number of rotatable bonds is 8. The summed E-state index contributed by atoms with van der Waals surface area (Å²) in [5, 5.41) is 4.70. The van der Waals surface area contributed by atoms with E-state index in [9.17, 15) is 14.4 Å². The van der Waals surface area contributed by atoms with E-state index >= 15 is 0 Å². The van der Waals surface area contributed by atoms with Gasteiger partial charge < -0.3 is 10.1 Å². The maximum Gasteiger partial charge on any atom is 0.321 e. The van der Waals surface area contributed by atoms with Gasteiger partial charge in [-0.05, 0) is 25.8 Å². The zero-order valence-electron chi connectivity index (χ0n) is 14.3. The summed E-state index contributed by atoms with van der Waals surface area (Å²) in [5.41, 5.74) is 2.31. The second-order valence-electron chi connectivity index (χ2n) is 5.47. The minimum absolute atomic E-state index is 0.0291. The molecule has 0 bridgehead atoms. The van der Waals surface area contributed by atoms with Gasteiger partial charge in [0.1, 0.15) is 0 Å². The van der Waals surface area contributed by atoms with Gasteiger partial charge in [-0.2, -0.15) is 0 Å². The molecule has 0 aliphatic heterocycles. The number of benzene rings is 1. The number of ether oxygens (including phenoxy) is 1. The lowest BCUT2D eigenvalue weighted by Gasteiger charge is -2.11. The molecule has 1 aromatic carbocycles. The lowest BCUT2D eigenvalue weighted by Crippen LogP contribution is -2.44. The Morgan fingerprint density at radius 2 is 1.88 bits per heavy atom. The molecule has 0 aromatic heterocycles. The standard InChI is InChI=1S/C17H24N2O4S/c1-4-13(3)18-17(22)19-15(20)9-23-16(21)11-24-10-14-7-5-12(2)6-8-14/h5-8,13H,4,9-11H2,1-3H3,(H2,18,19,20,22)/t13-/m0/s1. The van der Waals surface area contributed by atoms with Crippen LogP contribution in [-0.2, 0) is 20.1 Å². The third-order valence-electron chi connectivity index (χ3n) is 3.22. The van der Waals surface area contributed by atoms with E-state index in [4.69, 9.17) is 4.74 Å². The van der Waals surface area contributed by atoms with E-state index in [-0.39, 0.29) is 11.8 Å². The largest absolute Gasteiger partial charge is 0.455 e. The summed E-state index contributed by atoms with van der Waals surface area (Å²) in [4.78, 5) is 34.5. The van der Waals surface area contributed by atoms with Gasteiger partial charge in [-0.25, -0.2) is 4.79 Å². The van der Waals surface area contributed by atoms with Crippen LogP contribution in [0.2, 0.25) is 0 Å². The summed E-state index contributed by atoms with van der Waals surface area (Å²) in [6.45, 7) is 5.30. The average Bonchev–Trinajstić information content (AvgIpc) is 2.54. The number of urea groups is 1. The van der Waals surface area contributed by atoms with Crippen molar-refractivity contribution in [2.75, 3.05) is 12.4 Å². The molecule has 132 valence electrons. The summed E-state index contributed by atoms with van der Waals surface area (Å²) >= 11 is 1.41. The van der Waals surface area contributed by atoms with Crippen LogP contribution in [0.1, 0.15) is 31.4 Å². The molecule has 0 aliphatic rings. The van der Waals surface area contributed by atoms with Crippen LogP contribution >= 0.6 is 11.8 Å². The van der Waals surface area contributed by atoms with Gasteiger partial charge in [-0.15, -0.1) is 11.8 Å². The van der Waals surface area contributed by atoms with Crippen molar-refractivity contribution in [3.05, 3.63) is 35.4 Å². The zero-order valence-corrected chi connectivity index (χ0v) is 15.1. The van der Waals surface area contributed by atoms with E-state index in [2.05, 4.69) is 10.6 Å². The summed E-state index contributed by atoms with van der Waals surface area (Å²) in [6, 6.07) is 7.44. The van der Waals surface area contributed by atoms with E-state index in [1.807, 2.05) is 45.0 Å². The minimum atomic E-state index is -0.646. The SMILES string of the molecule is CC[C@H](C)NC(=O)NC(=O)COC(=O)CSCc1ccc(C)cc1. The minimum Gasteiger partial charge on any atom is -0.455 e. The monoisotopic (exact) mass is 352 g/mol. The first kappa shape index (κ1) is 20.0. The molecule has 3 amide bonds. The van der Waals surface area contributed by atoms with Gasteiger partial charge in [0.25, 0.3) is 5.91 Å². The Balaban J connectivity index is 2.17. The summed E-state index contributed by atoms with van der Waals surface area (Å²) in [6.07, 6.45) is 0.759. The van der Waals surface area contributed by atoms with Crippen LogP contribution in [0.5, 0.6) is 0 Å². The Hall–Kier alpha value is -2.02. The Morgan fingerprint density at radius 1 is 1.21 bits per heavy atom. The Labute approximate surface area is 146 Å². The van der Waals surface area contributed by atoms with E-state index in [0.29, 0.717) is 5.75 Å². The number of carbonyl (C=O) groups excluding carboxylic acids is 3. The molecule has 7 heteroatoms. The lowest BCUT2D eigenvalue weighted by molar-refractivity contribution is -0.145. The predicted octanol–water partition coefficient (Wildman–Crippen LogP) is 2.40. The first-order valence-corrected chi connectivity index (χ1v) is 8.95. The number of amides is 3. The summed E-state index contributed by atoms with van der Waals surface area (Å²) in [7, 11) is 0. The molecule has 0 fully saturated rings. The van der Waals surface area contributed by atoms with Crippen molar-refractivity contribution < 1.29 is 19.1 Å². The number of hydrogen-bond acceptors (Lipinski definition) is 5. The molecule has 6 nitrogen and oxygen atoms in total. The maximum atomic E-state index is 11.6. The molecule has 2 N–H and O–H groups in total. The van der Waals surface area contributed by atoms with Crippen molar-refractivity contribution in [1.29, 1.82) is 0 Å². The Kier molecular flexibility index (Phi) is 8.93. The zero-order chi connectivity index (χ0) is 17.9. The number of esters is 1. The Morgan fingerprint density at radius 3 is 2.50 bits per heavy atom. The molecule has 0 saturated heterocycles. The van der Waals surface area contributed by atoms with Crippen LogP contribution in [0.15, 0.2) is 24.3 Å². The van der Waals surface area contributed by atoms with Crippen molar-refractivity contribution in [3.63, 3.8) is 0 Å². The molecule has 0 saturated carbocycles. The first-order chi connectivity index (χ1) is 11.4. The van der Waals surface area contributed by atoms with Gasteiger partial charge in [0.2, 0.25) is 0 Å². The fraction of sp³-hybridized carbons (Fsp3) is 0.471. The summed E-state index contributed by atoms with van der Waals surface area (Å²) in [5.74, 6) is -0.281. The van der Waals surface area contributed by atoms with Crippen molar-refractivity contribution in [3.8, 4) is 0 Å². The molecule has 1 rings (SSSR count). The molecule has 0 unspecified atom stereocenters. The number of imide groups is 1. The number of thioether (sulfide) groups is 1. The van der Waals surface area contributed by atoms with Crippen LogP contribution in [0.25, 0.3) is 0 Å². The molecule has 1 atom stereocenters. The second-order valence-corrected chi connectivity index (χ2v) is 6.46. The van der Waals surface area contributed by atoms with Crippen molar-refractivity contribution >= 4 is 29.7 Å². The Bertz CT molecular complexity index is 560. The number of carbonyl (C=O) groups is 3. The highest BCUT2D eigenvalue weighted by Crippen LogP contribution is 2.13. The molecular weight excluding hydrogens is 328 g/mol.